The molecule has 3 atom stereocenters. The van der Waals surface area contributed by atoms with Gasteiger partial charge in [0, 0.05) is 29.3 Å². The summed E-state index contributed by atoms with van der Waals surface area (Å²) in [5.74, 6) is -0.163. The molecule has 194 valence electrons. The average Bonchev–Trinajstić information content (AvgIpc) is 3.24. The summed E-state index contributed by atoms with van der Waals surface area (Å²) in [6, 6.07) is 21.8. The summed E-state index contributed by atoms with van der Waals surface area (Å²) in [4.78, 5) is 17.8. The SMILES string of the molecule is O=C1C(CC(c2ccc(Br)cc2)N2CCOCC2)NC(c2ccccc2)N1c1ccc(C(F)(F)F)cc1. The molecule has 1 amide bonds. The number of hydrogen-bond acceptors (Lipinski definition) is 4. The fraction of sp³-hybridized carbons (Fsp3) is 0.321. The average molecular weight is 574 g/mol. The fourth-order valence-electron chi connectivity index (χ4n) is 5.06. The van der Waals surface area contributed by atoms with E-state index >= 15 is 0 Å². The summed E-state index contributed by atoms with van der Waals surface area (Å²) in [5.41, 5.74) is 1.65. The van der Waals surface area contributed by atoms with Gasteiger partial charge < -0.3 is 4.74 Å². The van der Waals surface area contributed by atoms with Crippen LogP contribution in [0.3, 0.4) is 0 Å². The van der Waals surface area contributed by atoms with Crippen molar-refractivity contribution in [1.82, 2.24) is 10.2 Å². The first-order valence-corrected chi connectivity index (χ1v) is 13.0. The van der Waals surface area contributed by atoms with Crippen LogP contribution in [-0.4, -0.2) is 43.2 Å². The molecule has 0 aliphatic carbocycles. The number of benzene rings is 3. The van der Waals surface area contributed by atoms with Gasteiger partial charge in [0.25, 0.3) is 0 Å². The number of ether oxygens (including phenoxy) is 1. The number of rotatable bonds is 6. The third-order valence-electron chi connectivity index (χ3n) is 6.94. The maximum atomic E-state index is 13.9. The lowest BCUT2D eigenvalue weighted by Gasteiger charge is -2.36. The standard InChI is InChI=1S/C28H27BrF3N3O2/c29-22-10-6-19(7-11-22)25(34-14-16-37-17-15-34)18-24-27(36)35(26(33-24)20-4-2-1-3-5-20)23-12-8-21(9-13-23)28(30,31)32/h1-13,24-26,33H,14-18H2. The number of carbonyl (C=O) groups is 1. The molecule has 0 radical (unpaired) electrons. The summed E-state index contributed by atoms with van der Waals surface area (Å²) in [7, 11) is 0. The Kier molecular flexibility index (Phi) is 7.67. The molecule has 0 aromatic heterocycles. The number of nitrogens with zero attached hydrogens (tertiary/aromatic N) is 2. The molecule has 2 fully saturated rings. The van der Waals surface area contributed by atoms with Crippen LogP contribution in [0.5, 0.6) is 0 Å². The molecule has 2 aliphatic heterocycles. The second kappa shape index (κ2) is 10.9. The number of halogens is 4. The van der Waals surface area contributed by atoms with E-state index in [-0.39, 0.29) is 11.9 Å². The van der Waals surface area contributed by atoms with Crippen molar-refractivity contribution >= 4 is 27.5 Å². The molecule has 5 rings (SSSR count). The third-order valence-corrected chi connectivity index (χ3v) is 7.47. The van der Waals surface area contributed by atoms with Crippen LogP contribution in [-0.2, 0) is 15.7 Å². The van der Waals surface area contributed by atoms with Crippen LogP contribution in [0.4, 0.5) is 18.9 Å². The van der Waals surface area contributed by atoms with E-state index in [1.54, 1.807) is 4.90 Å². The molecule has 0 saturated carbocycles. The van der Waals surface area contributed by atoms with E-state index in [0.29, 0.717) is 25.3 Å². The lowest BCUT2D eigenvalue weighted by molar-refractivity contribution is -0.137. The van der Waals surface area contributed by atoms with E-state index < -0.39 is 23.9 Å². The number of nitrogens with one attached hydrogen (secondary N) is 1. The van der Waals surface area contributed by atoms with Gasteiger partial charge in [-0.15, -0.1) is 0 Å². The summed E-state index contributed by atoms with van der Waals surface area (Å²) < 4.78 is 46.1. The zero-order chi connectivity index (χ0) is 26.0. The third kappa shape index (κ3) is 5.75. The maximum absolute atomic E-state index is 13.9. The summed E-state index contributed by atoms with van der Waals surface area (Å²) >= 11 is 3.50. The smallest absolute Gasteiger partial charge is 0.379 e. The van der Waals surface area contributed by atoms with Crippen LogP contribution in [0.15, 0.2) is 83.3 Å². The van der Waals surface area contributed by atoms with Gasteiger partial charge in [0.05, 0.1) is 24.8 Å². The zero-order valence-corrected chi connectivity index (χ0v) is 21.6. The van der Waals surface area contributed by atoms with Gasteiger partial charge in [-0.1, -0.05) is 58.4 Å². The lowest BCUT2D eigenvalue weighted by Crippen LogP contribution is -2.42. The maximum Gasteiger partial charge on any atom is 0.416 e. The second-order valence-electron chi connectivity index (χ2n) is 9.24. The molecule has 3 aromatic rings. The Hall–Kier alpha value is -2.72. The van der Waals surface area contributed by atoms with Gasteiger partial charge in [-0.3, -0.25) is 19.9 Å². The van der Waals surface area contributed by atoms with Crippen molar-refractivity contribution in [1.29, 1.82) is 0 Å². The Balaban J connectivity index is 1.47. The first-order chi connectivity index (χ1) is 17.8. The van der Waals surface area contributed by atoms with Gasteiger partial charge in [0.15, 0.2) is 0 Å². The highest BCUT2D eigenvalue weighted by Crippen LogP contribution is 2.37. The minimum absolute atomic E-state index is 0.0255. The molecule has 0 spiro atoms. The highest BCUT2D eigenvalue weighted by atomic mass is 79.9. The van der Waals surface area contributed by atoms with Crippen molar-refractivity contribution in [3.63, 3.8) is 0 Å². The van der Waals surface area contributed by atoms with Gasteiger partial charge in [-0.2, -0.15) is 13.2 Å². The fourth-order valence-corrected chi connectivity index (χ4v) is 5.33. The topological polar surface area (TPSA) is 44.8 Å². The summed E-state index contributed by atoms with van der Waals surface area (Å²) in [6.07, 6.45) is -4.42. The Bertz CT molecular complexity index is 1200. The van der Waals surface area contributed by atoms with Gasteiger partial charge in [-0.05, 0) is 53.9 Å². The van der Waals surface area contributed by atoms with E-state index in [4.69, 9.17) is 4.74 Å². The molecule has 2 heterocycles. The number of anilines is 1. The molecule has 2 aliphatic rings. The normalized spacial score (nSPS) is 21.8. The van der Waals surface area contributed by atoms with Gasteiger partial charge >= 0.3 is 6.18 Å². The molecular formula is C28H27BrF3N3O2. The Morgan fingerprint density at radius 3 is 2.22 bits per heavy atom. The van der Waals surface area contributed by atoms with E-state index in [1.165, 1.54) is 12.1 Å². The molecule has 3 aromatic carbocycles. The van der Waals surface area contributed by atoms with E-state index in [1.807, 2.05) is 42.5 Å². The quantitative estimate of drug-likeness (QED) is 0.396. The van der Waals surface area contributed by atoms with Crippen molar-refractivity contribution in [3.05, 3.63) is 100 Å². The summed E-state index contributed by atoms with van der Waals surface area (Å²) in [6.45, 7) is 2.77. The molecule has 37 heavy (non-hydrogen) atoms. The molecule has 0 bridgehead atoms. The van der Waals surface area contributed by atoms with Crippen LogP contribution in [0.1, 0.15) is 35.3 Å². The Labute approximate surface area is 222 Å². The van der Waals surface area contributed by atoms with Crippen LogP contribution < -0.4 is 10.2 Å². The van der Waals surface area contributed by atoms with Crippen LogP contribution >= 0.6 is 15.9 Å². The van der Waals surface area contributed by atoms with Gasteiger partial charge in [-0.25, -0.2) is 0 Å². The van der Waals surface area contributed by atoms with Crippen LogP contribution in [0.2, 0.25) is 0 Å². The monoisotopic (exact) mass is 573 g/mol. The highest BCUT2D eigenvalue weighted by molar-refractivity contribution is 9.10. The van der Waals surface area contributed by atoms with Crippen molar-refractivity contribution in [2.24, 2.45) is 0 Å². The summed E-state index contributed by atoms with van der Waals surface area (Å²) in [5, 5.41) is 3.49. The van der Waals surface area contributed by atoms with E-state index in [0.717, 1.165) is 40.8 Å². The lowest BCUT2D eigenvalue weighted by atomic mass is 9.97. The van der Waals surface area contributed by atoms with Crippen molar-refractivity contribution in [3.8, 4) is 0 Å². The highest BCUT2D eigenvalue weighted by Gasteiger charge is 2.43. The zero-order valence-electron chi connectivity index (χ0n) is 20.0. The van der Waals surface area contributed by atoms with Gasteiger partial charge in [0.2, 0.25) is 5.91 Å². The first kappa shape index (κ1) is 25.9. The van der Waals surface area contributed by atoms with Crippen LogP contribution in [0.25, 0.3) is 0 Å². The number of morpholine rings is 1. The minimum Gasteiger partial charge on any atom is -0.379 e. The van der Waals surface area contributed by atoms with Crippen LogP contribution in [0, 0.1) is 0 Å². The number of hydrogen-bond donors (Lipinski definition) is 1. The molecular weight excluding hydrogens is 547 g/mol. The second-order valence-corrected chi connectivity index (χ2v) is 10.2. The predicted octanol–water partition coefficient (Wildman–Crippen LogP) is 5.94. The minimum atomic E-state index is -4.44. The Morgan fingerprint density at radius 1 is 0.946 bits per heavy atom. The molecule has 5 nitrogen and oxygen atoms in total. The number of amides is 1. The first-order valence-electron chi connectivity index (χ1n) is 12.2. The van der Waals surface area contributed by atoms with Crippen molar-refractivity contribution in [2.75, 3.05) is 31.2 Å². The molecule has 1 N–H and O–H groups in total. The van der Waals surface area contributed by atoms with Crippen molar-refractivity contribution < 1.29 is 22.7 Å². The number of alkyl halides is 3. The largest absolute Gasteiger partial charge is 0.416 e. The molecule has 3 unspecified atom stereocenters. The van der Waals surface area contributed by atoms with Crippen molar-refractivity contribution in [2.45, 2.75) is 30.8 Å². The molecule has 2 saturated heterocycles. The molecule has 9 heteroatoms. The van der Waals surface area contributed by atoms with E-state index in [9.17, 15) is 18.0 Å². The Morgan fingerprint density at radius 2 is 1.59 bits per heavy atom. The predicted molar refractivity (Wildman–Crippen MR) is 139 cm³/mol. The van der Waals surface area contributed by atoms with Gasteiger partial charge in [0.1, 0.15) is 6.17 Å². The van der Waals surface area contributed by atoms with E-state index in [2.05, 4.69) is 38.3 Å². The number of carbonyl (C=O) groups excluding carboxylic acids is 1.